The number of aromatic nitrogens is 1. The Bertz CT molecular complexity index is 984. The van der Waals surface area contributed by atoms with Crippen LogP contribution in [0.25, 0.3) is 11.3 Å². The van der Waals surface area contributed by atoms with Gasteiger partial charge in [-0.15, -0.1) is 0 Å². The average molecular weight is 436 g/mol. The molecule has 1 N–H and O–H groups in total. The van der Waals surface area contributed by atoms with E-state index in [-0.39, 0.29) is 17.4 Å². The lowest BCUT2D eigenvalue weighted by Gasteiger charge is -2.21. The van der Waals surface area contributed by atoms with Crippen molar-refractivity contribution in [2.24, 2.45) is 5.92 Å². The summed E-state index contributed by atoms with van der Waals surface area (Å²) in [6, 6.07) is 5.06. The van der Waals surface area contributed by atoms with Gasteiger partial charge in [0.2, 0.25) is 0 Å². The van der Waals surface area contributed by atoms with Crippen molar-refractivity contribution in [2.45, 2.75) is 26.2 Å². The van der Waals surface area contributed by atoms with Crippen molar-refractivity contribution in [3.05, 3.63) is 44.7 Å². The predicted molar refractivity (Wildman–Crippen MR) is 114 cm³/mol. The monoisotopic (exact) mass is 435 g/mol. The third-order valence-corrected chi connectivity index (χ3v) is 5.45. The number of esters is 1. The highest BCUT2D eigenvalue weighted by atomic mass is 35.5. The number of fused-ring (bicyclic) bond motifs is 3. The first-order valence-electron chi connectivity index (χ1n) is 9.81. The molecular formula is C22H26ClNO6. The molecule has 0 fully saturated rings. The third-order valence-electron chi connectivity index (χ3n) is 5.15. The lowest BCUT2D eigenvalue weighted by Crippen LogP contribution is -2.23. The van der Waals surface area contributed by atoms with E-state index < -0.39 is 11.5 Å². The van der Waals surface area contributed by atoms with Gasteiger partial charge in [-0.05, 0) is 23.6 Å². The molecule has 30 heavy (non-hydrogen) atoms. The second-order valence-corrected chi connectivity index (χ2v) is 7.88. The number of methoxy groups -OCH3 is 2. The number of ether oxygens (including phenoxy) is 4. The van der Waals surface area contributed by atoms with Crippen LogP contribution in [0, 0.1) is 5.92 Å². The van der Waals surface area contributed by atoms with Crippen LogP contribution in [-0.2, 0) is 9.47 Å². The summed E-state index contributed by atoms with van der Waals surface area (Å²) in [7, 11) is 2.89. The van der Waals surface area contributed by atoms with Crippen LogP contribution in [0.2, 0.25) is 5.02 Å². The zero-order chi connectivity index (χ0) is 21.8. The highest BCUT2D eigenvalue weighted by Crippen LogP contribution is 2.44. The van der Waals surface area contributed by atoms with Crippen LogP contribution in [0.4, 0.5) is 0 Å². The Morgan fingerprint density at radius 1 is 1.27 bits per heavy atom. The van der Waals surface area contributed by atoms with Crippen molar-refractivity contribution < 1.29 is 23.7 Å². The van der Waals surface area contributed by atoms with E-state index >= 15 is 0 Å². The van der Waals surface area contributed by atoms with Gasteiger partial charge in [0.1, 0.15) is 17.1 Å². The van der Waals surface area contributed by atoms with E-state index in [1.54, 1.807) is 25.3 Å². The number of aromatic amines is 1. The van der Waals surface area contributed by atoms with Crippen molar-refractivity contribution in [2.75, 3.05) is 34.0 Å². The fraction of sp³-hybridized carbons (Fsp3) is 0.455. The number of hydrogen-bond acceptors (Lipinski definition) is 6. The Morgan fingerprint density at radius 2 is 2.03 bits per heavy atom. The van der Waals surface area contributed by atoms with Crippen LogP contribution < -0.4 is 15.0 Å². The molecule has 1 aliphatic heterocycles. The van der Waals surface area contributed by atoms with E-state index in [9.17, 15) is 9.59 Å². The molecule has 8 heteroatoms. The Balaban J connectivity index is 2.09. The largest absolute Gasteiger partial charge is 0.492 e. The molecule has 0 bridgehead atoms. The fourth-order valence-corrected chi connectivity index (χ4v) is 3.71. The molecule has 0 radical (unpaired) electrons. The highest BCUT2D eigenvalue weighted by Gasteiger charge is 2.29. The number of rotatable bonds is 7. The van der Waals surface area contributed by atoms with Crippen molar-refractivity contribution in [1.29, 1.82) is 0 Å². The van der Waals surface area contributed by atoms with E-state index in [2.05, 4.69) is 18.8 Å². The summed E-state index contributed by atoms with van der Waals surface area (Å²) in [5.74, 6) is 0.550. The van der Waals surface area contributed by atoms with Crippen LogP contribution >= 0.6 is 11.6 Å². The van der Waals surface area contributed by atoms with Crippen LogP contribution in [0.3, 0.4) is 0 Å². The molecule has 0 spiro atoms. The summed E-state index contributed by atoms with van der Waals surface area (Å²) in [6.07, 6.45) is 0.729. The molecule has 1 aromatic heterocycles. The van der Waals surface area contributed by atoms with E-state index in [0.717, 1.165) is 12.0 Å². The van der Waals surface area contributed by atoms with Gasteiger partial charge in [0.25, 0.3) is 5.56 Å². The van der Waals surface area contributed by atoms with Gasteiger partial charge < -0.3 is 23.9 Å². The zero-order valence-electron chi connectivity index (χ0n) is 17.5. The standard InChI is InChI=1S/C22H26ClNO6/c1-12(2)16-11-30-18-10-19(29-7-5-6-27-3)17(23)9-14(18)20-13(16)8-15(21(25)24-20)22(26)28-4/h8-10,12,16H,5-7,11H2,1-4H3,(H,24,25)/t16-/m0/s1. The number of carbonyl (C=O) groups is 1. The zero-order valence-corrected chi connectivity index (χ0v) is 18.3. The van der Waals surface area contributed by atoms with Gasteiger partial charge in [0.15, 0.2) is 0 Å². The molecule has 1 atom stereocenters. The Hall–Kier alpha value is -2.51. The minimum atomic E-state index is -0.676. The second-order valence-electron chi connectivity index (χ2n) is 7.47. The van der Waals surface area contributed by atoms with E-state index in [0.29, 0.717) is 47.6 Å². The van der Waals surface area contributed by atoms with Crippen LogP contribution in [0.1, 0.15) is 42.1 Å². The Kier molecular flexibility index (Phi) is 7.05. The molecule has 2 heterocycles. The van der Waals surface area contributed by atoms with Gasteiger partial charge in [0, 0.05) is 37.7 Å². The number of carbonyl (C=O) groups excluding carboxylic acids is 1. The van der Waals surface area contributed by atoms with Crippen LogP contribution in [-0.4, -0.2) is 45.0 Å². The first kappa shape index (κ1) is 22.2. The number of H-pyrrole nitrogens is 1. The molecule has 7 nitrogen and oxygen atoms in total. The first-order chi connectivity index (χ1) is 14.4. The van der Waals surface area contributed by atoms with Crippen molar-refractivity contribution in [1.82, 2.24) is 4.98 Å². The molecule has 0 aliphatic carbocycles. The maximum atomic E-state index is 12.6. The molecule has 0 amide bonds. The van der Waals surface area contributed by atoms with Crippen LogP contribution in [0.15, 0.2) is 23.0 Å². The summed E-state index contributed by atoms with van der Waals surface area (Å²) in [6.45, 7) is 5.56. The Morgan fingerprint density at radius 3 is 2.70 bits per heavy atom. The van der Waals surface area contributed by atoms with Gasteiger partial charge in [-0.1, -0.05) is 25.4 Å². The summed E-state index contributed by atoms with van der Waals surface area (Å²) in [4.78, 5) is 27.5. The molecule has 162 valence electrons. The number of halogens is 1. The van der Waals surface area contributed by atoms with Gasteiger partial charge >= 0.3 is 5.97 Å². The molecule has 3 rings (SSSR count). The van der Waals surface area contributed by atoms with Gasteiger partial charge in [-0.3, -0.25) is 4.79 Å². The molecule has 1 aliphatic rings. The van der Waals surface area contributed by atoms with Gasteiger partial charge in [-0.25, -0.2) is 4.79 Å². The summed E-state index contributed by atoms with van der Waals surface area (Å²) < 4.78 is 21.7. The third kappa shape index (κ3) is 4.47. The lowest BCUT2D eigenvalue weighted by molar-refractivity contribution is 0.0598. The number of pyridine rings is 1. The number of hydrogen-bond donors (Lipinski definition) is 1. The van der Waals surface area contributed by atoms with E-state index in [1.165, 1.54) is 7.11 Å². The van der Waals surface area contributed by atoms with Gasteiger partial charge in [-0.2, -0.15) is 0 Å². The lowest BCUT2D eigenvalue weighted by atomic mass is 9.86. The Labute approximate surface area is 180 Å². The first-order valence-corrected chi connectivity index (χ1v) is 10.2. The predicted octanol–water partition coefficient (Wildman–Crippen LogP) is 4.03. The van der Waals surface area contributed by atoms with Crippen LogP contribution in [0.5, 0.6) is 11.5 Å². The van der Waals surface area contributed by atoms with Gasteiger partial charge in [0.05, 0.1) is 31.0 Å². The van der Waals surface area contributed by atoms with Crippen molar-refractivity contribution in [3.8, 4) is 22.8 Å². The fourth-order valence-electron chi connectivity index (χ4n) is 3.49. The molecule has 1 aromatic carbocycles. The van der Waals surface area contributed by atoms with E-state index in [1.807, 2.05) is 0 Å². The highest BCUT2D eigenvalue weighted by molar-refractivity contribution is 6.32. The normalized spacial score (nSPS) is 15.1. The molecule has 0 saturated heterocycles. The topological polar surface area (TPSA) is 86.9 Å². The van der Waals surface area contributed by atoms with Crippen molar-refractivity contribution in [3.63, 3.8) is 0 Å². The minimum Gasteiger partial charge on any atom is -0.492 e. The quantitative estimate of drug-likeness (QED) is 0.522. The summed E-state index contributed by atoms with van der Waals surface area (Å²) in [5.41, 5.74) is 1.50. The number of benzene rings is 1. The molecule has 2 aromatic rings. The maximum Gasteiger partial charge on any atom is 0.343 e. The number of nitrogens with one attached hydrogen (secondary N) is 1. The average Bonchev–Trinajstić information content (AvgIpc) is 2.86. The molecule has 0 saturated carbocycles. The van der Waals surface area contributed by atoms with E-state index in [4.69, 9.17) is 30.5 Å². The summed E-state index contributed by atoms with van der Waals surface area (Å²) >= 11 is 6.46. The van der Waals surface area contributed by atoms with Crippen molar-refractivity contribution >= 4 is 17.6 Å². The molecule has 0 unspecified atom stereocenters. The maximum absolute atomic E-state index is 12.6. The molecular weight excluding hydrogens is 410 g/mol. The minimum absolute atomic E-state index is 0.0328. The second kappa shape index (κ2) is 9.53. The summed E-state index contributed by atoms with van der Waals surface area (Å²) in [5, 5.41) is 0.404. The smallest absolute Gasteiger partial charge is 0.343 e. The SMILES string of the molecule is COCCCOc1cc2c(cc1Cl)-c1[nH]c(=O)c(C(=O)OC)cc1[C@H](C(C)C)CO2.